The first kappa shape index (κ1) is 9.43. The molecule has 0 bridgehead atoms. The summed E-state index contributed by atoms with van der Waals surface area (Å²) in [5.41, 5.74) is 1.26. The van der Waals surface area contributed by atoms with Crippen LogP contribution >= 0.6 is 0 Å². The first-order valence-corrected chi connectivity index (χ1v) is 4.62. The SMILES string of the molecule is CCN=C1CC(=O)CCC1(C)C. The lowest BCUT2D eigenvalue weighted by molar-refractivity contribution is -0.119. The molecule has 0 unspecified atom stereocenters. The molecule has 1 rings (SSSR count). The van der Waals surface area contributed by atoms with Crippen LogP contribution in [0.15, 0.2) is 4.99 Å². The van der Waals surface area contributed by atoms with Crippen molar-refractivity contribution >= 4 is 11.5 Å². The van der Waals surface area contributed by atoms with Gasteiger partial charge in [-0.2, -0.15) is 0 Å². The van der Waals surface area contributed by atoms with Crippen molar-refractivity contribution in [2.24, 2.45) is 10.4 Å². The topological polar surface area (TPSA) is 29.4 Å². The molecule has 1 saturated carbocycles. The summed E-state index contributed by atoms with van der Waals surface area (Å²) in [5, 5.41) is 0. The minimum Gasteiger partial charge on any atom is -0.299 e. The molecular formula is C10H17NO. The summed E-state index contributed by atoms with van der Waals surface area (Å²) in [4.78, 5) is 15.5. The van der Waals surface area contributed by atoms with Crippen molar-refractivity contribution in [2.75, 3.05) is 6.54 Å². The van der Waals surface area contributed by atoms with E-state index in [1.165, 1.54) is 0 Å². The summed E-state index contributed by atoms with van der Waals surface area (Å²) in [6.45, 7) is 7.16. The molecule has 0 heterocycles. The van der Waals surface area contributed by atoms with E-state index in [9.17, 15) is 4.79 Å². The van der Waals surface area contributed by atoms with Gasteiger partial charge in [0.05, 0.1) is 0 Å². The minimum atomic E-state index is 0.157. The van der Waals surface area contributed by atoms with Crippen molar-refractivity contribution in [2.45, 2.75) is 40.0 Å². The Morgan fingerprint density at radius 1 is 1.50 bits per heavy atom. The zero-order chi connectivity index (χ0) is 9.19. The highest BCUT2D eigenvalue weighted by atomic mass is 16.1. The van der Waals surface area contributed by atoms with Crippen LogP contribution in [0.4, 0.5) is 0 Å². The van der Waals surface area contributed by atoms with Crippen LogP contribution < -0.4 is 0 Å². The summed E-state index contributed by atoms with van der Waals surface area (Å²) >= 11 is 0. The van der Waals surface area contributed by atoms with Gasteiger partial charge in [-0.05, 0) is 13.3 Å². The van der Waals surface area contributed by atoms with Crippen molar-refractivity contribution in [1.82, 2.24) is 0 Å². The molecule has 12 heavy (non-hydrogen) atoms. The molecule has 1 fully saturated rings. The minimum absolute atomic E-state index is 0.157. The van der Waals surface area contributed by atoms with Gasteiger partial charge in [0.15, 0.2) is 0 Å². The molecule has 0 aliphatic heterocycles. The number of rotatable bonds is 1. The third-order valence-corrected chi connectivity index (χ3v) is 2.52. The van der Waals surface area contributed by atoms with Crippen molar-refractivity contribution < 1.29 is 4.79 Å². The number of carbonyl (C=O) groups is 1. The summed E-state index contributed by atoms with van der Waals surface area (Å²) < 4.78 is 0. The van der Waals surface area contributed by atoms with Crippen molar-refractivity contribution in [3.8, 4) is 0 Å². The first-order valence-electron chi connectivity index (χ1n) is 4.62. The normalized spacial score (nSPS) is 26.2. The second kappa shape index (κ2) is 3.38. The number of carbonyl (C=O) groups excluding carboxylic acids is 1. The third kappa shape index (κ3) is 1.93. The van der Waals surface area contributed by atoms with Gasteiger partial charge in [-0.25, -0.2) is 0 Å². The van der Waals surface area contributed by atoms with Gasteiger partial charge in [-0.15, -0.1) is 0 Å². The van der Waals surface area contributed by atoms with Crippen LogP contribution in [-0.4, -0.2) is 18.0 Å². The van der Waals surface area contributed by atoms with Gasteiger partial charge in [0.1, 0.15) is 5.78 Å². The van der Waals surface area contributed by atoms with Crippen molar-refractivity contribution in [3.05, 3.63) is 0 Å². The Bertz CT molecular complexity index is 216. The smallest absolute Gasteiger partial charge is 0.138 e. The lowest BCUT2D eigenvalue weighted by atomic mass is 9.75. The van der Waals surface area contributed by atoms with Crippen LogP contribution in [0.1, 0.15) is 40.0 Å². The second-order valence-corrected chi connectivity index (χ2v) is 4.02. The van der Waals surface area contributed by atoms with Crippen LogP contribution in [0.25, 0.3) is 0 Å². The van der Waals surface area contributed by atoms with Crippen molar-refractivity contribution in [3.63, 3.8) is 0 Å². The Labute approximate surface area is 74.1 Å². The van der Waals surface area contributed by atoms with E-state index in [2.05, 4.69) is 18.8 Å². The standard InChI is InChI=1S/C10H17NO/c1-4-11-9-7-8(12)5-6-10(9,2)3/h4-7H2,1-3H3. The molecule has 0 radical (unpaired) electrons. The zero-order valence-corrected chi connectivity index (χ0v) is 8.18. The maximum atomic E-state index is 11.2. The molecule has 1 aliphatic carbocycles. The van der Waals surface area contributed by atoms with Crippen LogP contribution in [0.2, 0.25) is 0 Å². The number of hydrogen-bond donors (Lipinski definition) is 0. The van der Waals surface area contributed by atoms with E-state index in [1.54, 1.807) is 0 Å². The third-order valence-electron chi connectivity index (χ3n) is 2.52. The number of nitrogens with zero attached hydrogens (tertiary/aromatic N) is 1. The maximum Gasteiger partial charge on any atom is 0.138 e. The zero-order valence-electron chi connectivity index (χ0n) is 8.18. The molecule has 0 saturated heterocycles. The molecule has 2 nitrogen and oxygen atoms in total. The second-order valence-electron chi connectivity index (χ2n) is 4.02. The molecule has 1 aliphatic rings. The fourth-order valence-corrected chi connectivity index (χ4v) is 1.57. The average molecular weight is 167 g/mol. The van der Waals surface area contributed by atoms with Crippen molar-refractivity contribution in [1.29, 1.82) is 0 Å². The molecule has 0 atom stereocenters. The highest BCUT2D eigenvalue weighted by molar-refractivity contribution is 6.06. The first-order chi connectivity index (χ1) is 5.56. The highest BCUT2D eigenvalue weighted by Crippen LogP contribution is 2.31. The largest absolute Gasteiger partial charge is 0.299 e. The lowest BCUT2D eigenvalue weighted by Gasteiger charge is -2.30. The molecule has 0 aromatic rings. The molecule has 0 amide bonds. The fraction of sp³-hybridized carbons (Fsp3) is 0.800. The van der Waals surface area contributed by atoms with E-state index in [4.69, 9.17) is 0 Å². The lowest BCUT2D eigenvalue weighted by Crippen LogP contribution is -2.32. The number of aliphatic imine (C=N–C) groups is 1. The van der Waals surface area contributed by atoms with E-state index < -0.39 is 0 Å². The van der Waals surface area contributed by atoms with Gasteiger partial charge >= 0.3 is 0 Å². The highest BCUT2D eigenvalue weighted by Gasteiger charge is 2.31. The Morgan fingerprint density at radius 3 is 2.75 bits per heavy atom. The summed E-state index contributed by atoms with van der Waals surface area (Å²) in [6, 6.07) is 0. The van der Waals surface area contributed by atoms with Gasteiger partial charge in [0.2, 0.25) is 0 Å². The van der Waals surface area contributed by atoms with Gasteiger partial charge in [0, 0.05) is 30.5 Å². The van der Waals surface area contributed by atoms with Gasteiger partial charge in [-0.1, -0.05) is 13.8 Å². The number of hydrogen-bond acceptors (Lipinski definition) is 2. The number of ketones is 1. The molecule has 2 heteroatoms. The van der Waals surface area contributed by atoms with Crippen LogP contribution in [0, 0.1) is 5.41 Å². The Kier molecular flexibility index (Phi) is 2.65. The van der Waals surface area contributed by atoms with Gasteiger partial charge < -0.3 is 0 Å². The van der Waals surface area contributed by atoms with E-state index in [1.807, 2.05) is 6.92 Å². The predicted molar refractivity (Wildman–Crippen MR) is 50.6 cm³/mol. The van der Waals surface area contributed by atoms with E-state index in [0.717, 1.165) is 25.1 Å². The average Bonchev–Trinajstić information content (AvgIpc) is 1.98. The van der Waals surface area contributed by atoms with E-state index in [0.29, 0.717) is 12.2 Å². The molecule has 0 aromatic carbocycles. The summed E-state index contributed by atoms with van der Waals surface area (Å²) in [7, 11) is 0. The number of Topliss-reactive ketones (excluding diaryl/α,β-unsaturated/α-hetero) is 1. The van der Waals surface area contributed by atoms with E-state index >= 15 is 0 Å². The molecule has 0 aromatic heterocycles. The summed E-state index contributed by atoms with van der Waals surface area (Å²) in [6.07, 6.45) is 2.28. The predicted octanol–water partition coefficient (Wildman–Crippen LogP) is 2.23. The Balaban J connectivity index is 2.79. The molecule has 0 N–H and O–H groups in total. The van der Waals surface area contributed by atoms with Crippen LogP contribution in [-0.2, 0) is 4.79 Å². The molecular weight excluding hydrogens is 150 g/mol. The van der Waals surface area contributed by atoms with Crippen LogP contribution in [0.5, 0.6) is 0 Å². The van der Waals surface area contributed by atoms with Crippen LogP contribution in [0.3, 0.4) is 0 Å². The maximum absolute atomic E-state index is 11.2. The Hall–Kier alpha value is -0.660. The molecule has 68 valence electrons. The van der Waals surface area contributed by atoms with Gasteiger partial charge in [-0.3, -0.25) is 9.79 Å². The molecule has 0 spiro atoms. The van der Waals surface area contributed by atoms with E-state index in [-0.39, 0.29) is 5.41 Å². The Morgan fingerprint density at radius 2 is 2.17 bits per heavy atom. The fourth-order valence-electron chi connectivity index (χ4n) is 1.57. The van der Waals surface area contributed by atoms with Gasteiger partial charge in [0.25, 0.3) is 0 Å². The monoisotopic (exact) mass is 167 g/mol. The quantitative estimate of drug-likeness (QED) is 0.589. The summed E-state index contributed by atoms with van der Waals surface area (Å²) in [5.74, 6) is 0.349.